The van der Waals surface area contributed by atoms with E-state index in [1.807, 2.05) is 0 Å². The van der Waals surface area contributed by atoms with Gasteiger partial charge in [0.05, 0.1) is 5.52 Å². The highest BCUT2D eigenvalue weighted by Crippen LogP contribution is 2.31. The molecule has 0 amide bonds. The summed E-state index contributed by atoms with van der Waals surface area (Å²) in [6, 6.07) is 4.36. The number of fused-ring (bicyclic) bond motifs is 3. The Morgan fingerprint density at radius 2 is 1.90 bits per heavy atom. The molecule has 1 saturated heterocycles. The summed E-state index contributed by atoms with van der Waals surface area (Å²) in [4.78, 5) is 4.67. The van der Waals surface area contributed by atoms with E-state index in [1.165, 1.54) is 24.1 Å². The normalized spacial score (nSPS) is 19.8. The van der Waals surface area contributed by atoms with Crippen molar-refractivity contribution in [3.8, 4) is 0 Å². The molecule has 1 fully saturated rings. The maximum Gasteiger partial charge on any atom is 0.175 e. The molecule has 2 aromatic heterocycles. The van der Waals surface area contributed by atoms with Crippen LogP contribution in [0.15, 0.2) is 12.1 Å². The van der Waals surface area contributed by atoms with E-state index in [9.17, 15) is 0 Å². The van der Waals surface area contributed by atoms with Crippen LogP contribution in [0.1, 0.15) is 17.7 Å². The lowest BCUT2D eigenvalue weighted by molar-refractivity contribution is 0.312. The Labute approximate surface area is 119 Å². The lowest BCUT2D eigenvalue weighted by Gasteiger charge is -2.32. The second kappa shape index (κ2) is 4.38. The molecule has 2 N–H and O–H groups in total. The molecule has 20 heavy (non-hydrogen) atoms. The molecular formula is C15H21N5. The first-order valence-electron chi connectivity index (χ1n) is 7.46. The van der Waals surface area contributed by atoms with E-state index in [0.717, 1.165) is 49.6 Å². The topological polar surface area (TPSA) is 49.8 Å². The zero-order valence-corrected chi connectivity index (χ0v) is 12.0. The minimum absolute atomic E-state index is 0.837. The van der Waals surface area contributed by atoms with Crippen LogP contribution in [-0.4, -0.2) is 47.7 Å². The predicted octanol–water partition coefficient (Wildman–Crippen LogP) is 1.16. The Morgan fingerprint density at radius 3 is 2.70 bits per heavy atom. The molecule has 0 atom stereocenters. The van der Waals surface area contributed by atoms with Gasteiger partial charge in [-0.25, -0.2) is 4.52 Å². The van der Waals surface area contributed by atoms with Gasteiger partial charge in [0.25, 0.3) is 0 Å². The molecule has 0 bridgehead atoms. The summed E-state index contributed by atoms with van der Waals surface area (Å²) in [6.07, 6.45) is 3.53. The molecule has 0 aromatic carbocycles. The number of nitrogen functional groups attached to an aromatic ring is 1. The molecule has 2 aliphatic rings. The van der Waals surface area contributed by atoms with Crippen LogP contribution in [0.5, 0.6) is 0 Å². The Morgan fingerprint density at radius 1 is 1.10 bits per heavy atom. The SMILES string of the molecule is CN1CCN(c2nn3c4c(ccc3c2N)CCC4)CC1. The van der Waals surface area contributed by atoms with Gasteiger partial charge in [-0.3, -0.25) is 0 Å². The van der Waals surface area contributed by atoms with Crippen LogP contribution in [0.25, 0.3) is 5.52 Å². The highest BCUT2D eigenvalue weighted by molar-refractivity contribution is 5.82. The molecule has 1 aliphatic heterocycles. The summed E-state index contributed by atoms with van der Waals surface area (Å²) >= 11 is 0. The summed E-state index contributed by atoms with van der Waals surface area (Å²) in [5.41, 5.74) is 11.1. The van der Waals surface area contributed by atoms with E-state index in [-0.39, 0.29) is 0 Å². The first-order chi connectivity index (χ1) is 9.74. The van der Waals surface area contributed by atoms with Crippen molar-refractivity contribution in [2.45, 2.75) is 19.3 Å². The highest BCUT2D eigenvalue weighted by atomic mass is 15.4. The molecule has 0 saturated carbocycles. The number of likely N-dealkylation sites (N-methyl/N-ethyl adjacent to an activating group) is 1. The second-order valence-corrected chi connectivity index (χ2v) is 5.98. The number of hydrogen-bond donors (Lipinski definition) is 1. The van der Waals surface area contributed by atoms with Gasteiger partial charge >= 0.3 is 0 Å². The van der Waals surface area contributed by atoms with E-state index in [1.54, 1.807) is 0 Å². The average Bonchev–Trinajstić information content (AvgIpc) is 3.04. The van der Waals surface area contributed by atoms with Crippen LogP contribution in [0.4, 0.5) is 11.5 Å². The Balaban J connectivity index is 1.79. The van der Waals surface area contributed by atoms with Gasteiger partial charge in [0.1, 0.15) is 5.69 Å². The van der Waals surface area contributed by atoms with E-state index in [0.29, 0.717) is 0 Å². The minimum Gasteiger partial charge on any atom is -0.394 e. The van der Waals surface area contributed by atoms with Gasteiger partial charge in [-0.1, -0.05) is 6.07 Å². The number of nitrogens with two attached hydrogens (primary N) is 1. The lowest BCUT2D eigenvalue weighted by atomic mass is 10.2. The number of hydrogen-bond acceptors (Lipinski definition) is 4. The third-order valence-electron chi connectivity index (χ3n) is 4.67. The van der Waals surface area contributed by atoms with Crippen LogP contribution < -0.4 is 10.6 Å². The van der Waals surface area contributed by atoms with Gasteiger partial charge in [-0.05, 0) is 37.9 Å². The summed E-state index contributed by atoms with van der Waals surface area (Å²) < 4.78 is 2.09. The number of aromatic nitrogens is 2. The Kier molecular flexibility index (Phi) is 2.63. The number of rotatable bonds is 1. The lowest BCUT2D eigenvalue weighted by Crippen LogP contribution is -2.44. The molecule has 106 valence electrons. The fourth-order valence-electron chi connectivity index (χ4n) is 3.40. The van der Waals surface area contributed by atoms with Crippen molar-refractivity contribution in [3.05, 3.63) is 23.4 Å². The summed E-state index contributed by atoms with van der Waals surface area (Å²) in [6.45, 7) is 4.16. The maximum absolute atomic E-state index is 6.36. The van der Waals surface area contributed by atoms with E-state index in [2.05, 4.69) is 33.5 Å². The number of aryl methyl sites for hydroxylation is 2. The van der Waals surface area contributed by atoms with Gasteiger partial charge in [-0.2, -0.15) is 0 Å². The first-order valence-corrected chi connectivity index (χ1v) is 7.46. The quantitative estimate of drug-likeness (QED) is 0.845. The highest BCUT2D eigenvalue weighted by Gasteiger charge is 2.23. The smallest absolute Gasteiger partial charge is 0.175 e. The standard InChI is InChI=1S/C15H21N5/c1-18-7-9-19(10-8-18)15-14(16)13-6-5-11-3-2-4-12(11)20(13)17-15/h5-6H,2-4,7-10,16H2,1H3. The van der Waals surface area contributed by atoms with Gasteiger partial charge < -0.3 is 15.5 Å². The molecule has 2 aromatic rings. The number of pyridine rings is 1. The van der Waals surface area contributed by atoms with Crippen LogP contribution in [-0.2, 0) is 12.8 Å². The summed E-state index contributed by atoms with van der Waals surface area (Å²) in [5.74, 6) is 0.971. The summed E-state index contributed by atoms with van der Waals surface area (Å²) in [5, 5.41) is 4.83. The molecule has 1 aliphatic carbocycles. The van der Waals surface area contributed by atoms with Crippen molar-refractivity contribution in [2.24, 2.45) is 0 Å². The van der Waals surface area contributed by atoms with E-state index in [4.69, 9.17) is 10.8 Å². The van der Waals surface area contributed by atoms with Crippen molar-refractivity contribution in [1.82, 2.24) is 14.5 Å². The molecule has 0 spiro atoms. The van der Waals surface area contributed by atoms with Gasteiger partial charge in [0.2, 0.25) is 0 Å². The van der Waals surface area contributed by atoms with Gasteiger partial charge in [0, 0.05) is 31.9 Å². The van der Waals surface area contributed by atoms with Crippen molar-refractivity contribution < 1.29 is 0 Å². The Hall–Kier alpha value is -1.75. The third kappa shape index (κ3) is 1.69. The minimum atomic E-state index is 0.837. The number of piperazine rings is 1. The van der Waals surface area contributed by atoms with E-state index < -0.39 is 0 Å². The van der Waals surface area contributed by atoms with Gasteiger partial charge in [-0.15, -0.1) is 5.10 Å². The van der Waals surface area contributed by atoms with Crippen LogP contribution in [0, 0.1) is 0 Å². The predicted molar refractivity (Wildman–Crippen MR) is 81.3 cm³/mol. The zero-order valence-electron chi connectivity index (χ0n) is 12.0. The molecule has 5 heteroatoms. The van der Waals surface area contributed by atoms with Crippen molar-refractivity contribution in [2.75, 3.05) is 43.9 Å². The van der Waals surface area contributed by atoms with E-state index >= 15 is 0 Å². The number of nitrogens with zero attached hydrogens (tertiary/aromatic N) is 4. The molecular weight excluding hydrogens is 250 g/mol. The molecule has 4 rings (SSSR count). The van der Waals surface area contributed by atoms with Crippen LogP contribution in [0.3, 0.4) is 0 Å². The van der Waals surface area contributed by atoms with Crippen LogP contribution >= 0.6 is 0 Å². The van der Waals surface area contributed by atoms with Crippen molar-refractivity contribution in [1.29, 1.82) is 0 Å². The second-order valence-electron chi connectivity index (χ2n) is 5.98. The van der Waals surface area contributed by atoms with Gasteiger partial charge in [0.15, 0.2) is 5.82 Å². The third-order valence-corrected chi connectivity index (χ3v) is 4.67. The van der Waals surface area contributed by atoms with Crippen LogP contribution in [0.2, 0.25) is 0 Å². The average molecular weight is 271 g/mol. The molecule has 0 unspecified atom stereocenters. The first kappa shape index (κ1) is 12.0. The molecule has 0 radical (unpaired) electrons. The zero-order chi connectivity index (χ0) is 13.7. The Bertz CT molecular complexity index is 652. The van der Waals surface area contributed by atoms with Crippen molar-refractivity contribution in [3.63, 3.8) is 0 Å². The largest absolute Gasteiger partial charge is 0.394 e. The number of anilines is 2. The fraction of sp³-hybridized carbons (Fsp3) is 0.533. The fourth-order valence-corrected chi connectivity index (χ4v) is 3.40. The summed E-state index contributed by atoms with van der Waals surface area (Å²) in [7, 11) is 2.16. The maximum atomic E-state index is 6.36. The molecule has 5 nitrogen and oxygen atoms in total. The monoisotopic (exact) mass is 271 g/mol. The van der Waals surface area contributed by atoms with Crippen molar-refractivity contribution >= 4 is 17.0 Å². The molecule has 3 heterocycles.